The summed E-state index contributed by atoms with van der Waals surface area (Å²) in [6, 6.07) is 2.43. The molecule has 0 saturated carbocycles. The van der Waals surface area contributed by atoms with E-state index < -0.39 is 11.6 Å². The molecule has 1 heterocycles. The maximum absolute atomic E-state index is 13.8. The lowest BCUT2D eigenvalue weighted by molar-refractivity contribution is 0.163. The van der Waals surface area contributed by atoms with E-state index in [-0.39, 0.29) is 24.3 Å². The van der Waals surface area contributed by atoms with E-state index in [1.54, 1.807) is 6.92 Å². The first kappa shape index (κ1) is 14.2. The van der Waals surface area contributed by atoms with Gasteiger partial charge in [0.2, 0.25) is 0 Å². The number of halogens is 2. The fraction of sp³-hybridized carbons (Fsp3) is 0.571. The average Bonchev–Trinajstić information content (AvgIpc) is 2.79. The molecule has 1 aliphatic rings. The molecule has 2 atom stereocenters. The summed E-state index contributed by atoms with van der Waals surface area (Å²) in [5.41, 5.74) is 6.16. The topological polar surface area (TPSA) is 44.5 Å². The van der Waals surface area contributed by atoms with Crippen LogP contribution < -0.4 is 10.5 Å². The van der Waals surface area contributed by atoms with Crippen LogP contribution in [0.15, 0.2) is 12.1 Å². The molecule has 3 nitrogen and oxygen atoms in total. The zero-order chi connectivity index (χ0) is 13.8. The monoisotopic (exact) mass is 271 g/mol. The predicted octanol–water partition coefficient (Wildman–Crippen LogP) is 2.27. The van der Waals surface area contributed by atoms with Crippen molar-refractivity contribution < 1.29 is 18.3 Å². The summed E-state index contributed by atoms with van der Waals surface area (Å²) in [6.07, 6.45) is 1.30. The Morgan fingerprint density at radius 1 is 1.42 bits per heavy atom. The number of hydrogen-bond donors (Lipinski definition) is 1. The molecule has 1 fully saturated rings. The summed E-state index contributed by atoms with van der Waals surface area (Å²) in [5, 5.41) is 0. The molecule has 2 N–H and O–H groups in total. The maximum atomic E-state index is 13.8. The van der Waals surface area contributed by atoms with Crippen molar-refractivity contribution in [2.24, 2.45) is 11.7 Å². The number of nitrogens with two attached hydrogens (primary N) is 1. The SMILES string of the molecule is CC(N)Cc1cc(F)c(OCC2CCOC2)c(F)c1. The second-order valence-corrected chi connectivity index (χ2v) is 5.11. The van der Waals surface area contributed by atoms with Crippen molar-refractivity contribution in [3.8, 4) is 5.75 Å². The summed E-state index contributed by atoms with van der Waals surface area (Å²) in [4.78, 5) is 0. The second-order valence-electron chi connectivity index (χ2n) is 5.11. The summed E-state index contributed by atoms with van der Waals surface area (Å²) in [7, 11) is 0. The van der Waals surface area contributed by atoms with Gasteiger partial charge in [0.25, 0.3) is 0 Å². The van der Waals surface area contributed by atoms with E-state index in [1.165, 1.54) is 12.1 Å². The van der Waals surface area contributed by atoms with E-state index in [9.17, 15) is 8.78 Å². The molecule has 0 radical (unpaired) electrons. The van der Waals surface area contributed by atoms with E-state index in [2.05, 4.69) is 0 Å². The van der Waals surface area contributed by atoms with Crippen LogP contribution in [0, 0.1) is 17.6 Å². The van der Waals surface area contributed by atoms with Crippen LogP contribution >= 0.6 is 0 Å². The first-order chi connectivity index (χ1) is 9.06. The van der Waals surface area contributed by atoms with Gasteiger partial charge in [-0.25, -0.2) is 8.78 Å². The van der Waals surface area contributed by atoms with Crippen LogP contribution in [0.4, 0.5) is 8.78 Å². The van der Waals surface area contributed by atoms with Crippen LogP contribution in [0.25, 0.3) is 0 Å². The molecular weight excluding hydrogens is 252 g/mol. The Kier molecular flexibility index (Phi) is 4.71. The summed E-state index contributed by atoms with van der Waals surface area (Å²) >= 11 is 0. The quantitative estimate of drug-likeness (QED) is 0.893. The summed E-state index contributed by atoms with van der Waals surface area (Å²) in [5.74, 6) is -1.44. The Balaban J connectivity index is 2.03. The fourth-order valence-corrected chi connectivity index (χ4v) is 2.16. The molecule has 19 heavy (non-hydrogen) atoms. The van der Waals surface area contributed by atoms with E-state index in [4.69, 9.17) is 15.2 Å². The minimum Gasteiger partial charge on any atom is -0.487 e. The van der Waals surface area contributed by atoms with Gasteiger partial charge in [0.1, 0.15) is 0 Å². The summed E-state index contributed by atoms with van der Waals surface area (Å²) in [6.45, 7) is 3.35. The van der Waals surface area contributed by atoms with E-state index in [0.717, 1.165) is 6.42 Å². The molecule has 0 bridgehead atoms. The molecule has 1 aromatic carbocycles. The van der Waals surface area contributed by atoms with Gasteiger partial charge in [0.15, 0.2) is 17.4 Å². The zero-order valence-corrected chi connectivity index (χ0v) is 11.0. The van der Waals surface area contributed by atoms with Crippen LogP contribution in [-0.4, -0.2) is 25.9 Å². The van der Waals surface area contributed by atoms with Crippen molar-refractivity contribution >= 4 is 0 Å². The Morgan fingerprint density at radius 2 is 2.11 bits per heavy atom. The lowest BCUT2D eigenvalue weighted by Gasteiger charge is -2.13. The second kappa shape index (κ2) is 6.30. The van der Waals surface area contributed by atoms with Gasteiger partial charge in [0, 0.05) is 18.6 Å². The maximum Gasteiger partial charge on any atom is 0.190 e. The van der Waals surface area contributed by atoms with Gasteiger partial charge in [-0.05, 0) is 37.5 Å². The lowest BCUT2D eigenvalue weighted by Crippen LogP contribution is -2.18. The van der Waals surface area contributed by atoms with E-state index in [0.29, 0.717) is 25.2 Å². The molecule has 5 heteroatoms. The van der Waals surface area contributed by atoms with Crippen molar-refractivity contribution in [2.45, 2.75) is 25.8 Å². The third-order valence-electron chi connectivity index (χ3n) is 3.10. The van der Waals surface area contributed by atoms with E-state index in [1.807, 2.05) is 0 Å². The molecule has 0 amide bonds. The van der Waals surface area contributed by atoms with Crippen LogP contribution in [0.2, 0.25) is 0 Å². The fourth-order valence-electron chi connectivity index (χ4n) is 2.16. The Morgan fingerprint density at radius 3 is 2.63 bits per heavy atom. The standard InChI is InChI=1S/C14H19F2NO2/c1-9(17)4-11-5-12(15)14(13(16)6-11)19-8-10-2-3-18-7-10/h5-6,9-10H,2-4,7-8,17H2,1H3. The third-order valence-corrected chi connectivity index (χ3v) is 3.10. The molecule has 106 valence electrons. The van der Waals surface area contributed by atoms with Crippen molar-refractivity contribution in [1.29, 1.82) is 0 Å². The predicted molar refractivity (Wildman–Crippen MR) is 68.1 cm³/mol. The molecular formula is C14H19F2NO2. The van der Waals surface area contributed by atoms with Gasteiger partial charge >= 0.3 is 0 Å². The normalized spacial score (nSPS) is 20.5. The minimum atomic E-state index is -0.672. The lowest BCUT2D eigenvalue weighted by atomic mass is 10.1. The van der Waals surface area contributed by atoms with Gasteiger partial charge in [-0.2, -0.15) is 0 Å². The van der Waals surface area contributed by atoms with Gasteiger partial charge < -0.3 is 15.2 Å². The summed E-state index contributed by atoms with van der Waals surface area (Å²) < 4.78 is 38.0. The van der Waals surface area contributed by atoms with Crippen molar-refractivity contribution in [3.63, 3.8) is 0 Å². The Hall–Kier alpha value is -1.20. The highest BCUT2D eigenvalue weighted by Crippen LogP contribution is 2.25. The molecule has 2 unspecified atom stereocenters. The van der Waals surface area contributed by atoms with Crippen LogP contribution in [0.5, 0.6) is 5.75 Å². The highest BCUT2D eigenvalue weighted by molar-refractivity contribution is 5.31. The first-order valence-corrected chi connectivity index (χ1v) is 6.50. The van der Waals surface area contributed by atoms with Crippen molar-refractivity contribution in [1.82, 2.24) is 0 Å². The van der Waals surface area contributed by atoms with E-state index >= 15 is 0 Å². The molecule has 1 aliphatic heterocycles. The highest BCUT2D eigenvalue weighted by atomic mass is 19.1. The van der Waals surface area contributed by atoms with Crippen LogP contribution in [0.1, 0.15) is 18.9 Å². The van der Waals surface area contributed by atoms with Crippen molar-refractivity contribution in [3.05, 3.63) is 29.3 Å². The number of benzene rings is 1. The van der Waals surface area contributed by atoms with Gasteiger partial charge in [0.05, 0.1) is 13.2 Å². The number of hydrogen-bond acceptors (Lipinski definition) is 3. The highest BCUT2D eigenvalue weighted by Gasteiger charge is 2.19. The van der Waals surface area contributed by atoms with Gasteiger partial charge in [-0.15, -0.1) is 0 Å². The van der Waals surface area contributed by atoms with Gasteiger partial charge in [-0.1, -0.05) is 0 Å². The molecule has 0 spiro atoms. The van der Waals surface area contributed by atoms with Crippen LogP contribution in [0.3, 0.4) is 0 Å². The average molecular weight is 271 g/mol. The molecule has 0 aromatic heterocycles. The number of ether oxygens (including phenoxy) is 2. The zero-order valence-electron chi connectivity index (χ0n) is 11.0. The third kappa shape index (κ3) is 3.88. The smallest absolute Gasteiger partial charge is 0.190 e. The minimum absolute atomic E-state index is 0.138. The number of rotatable bonds is 5. The van der Waals surface area contributed by atoms with Gasteiger partial charge in [-0.3, -0.25) is 0 Å². The van der Waals surface area contributed by atoms with Crippen LogP contribution in [-0.2, 0) is 11.2 Å². The Bertz CT molecular complexity index is 408. The molecule has 1 aromatic rings. The first-order valence-electron chi connectivity index (χ1n) is 6.50. The molecule has 2 rings (SSSR count). The largest absolute Gasteiger partial charge is 0.487 e. The Labute approximate surface area is 111 Å². The van der Waals surface area contributed by atoms with Crippen molar-refractivity contribution in [2.75, 3.05) is 19.8 Å². The molecule has 1 saturated heterocycles. The molecule has 0 aliphatic carbocycles.